The number of methoxy groups -OCH3 is 1. The van der Waals surface area contributed by atoms with Crippen LogP contribution in [0.4, 0.5) is 0 Å². The molecule has 23 heavy (non-hydrogen) atoms. The van der Waals surface area contributed by atoms with Crippen molar-refractivity contribution in [3.05, 3.63) is 68.7 Å². The molecule has 0 radical (unpaired) electrons. The number of hydrogen-bond donors (Lipinski definition) is 0. The fraction of sp³-hybridized carbons (Fsp3) is 0.111. The predicted molar refractivity (Wildman–Crippen MR) is 96.6 cm³/mol. The van der Waals surface area contributed by atoms with Crippen LogP contribution in [-0.2, 0) is 7.05 Å². The summed E-state index contributed by atoms with van der Waals surface area (Å²) in [6, 6.07) is 13.1. The highest BCUT2D eigenvalue weighted by molar-refractivity contribution is 9.10. The van der Waals surface area contributed by atoms with Gasteiger partial charge < -0.3 is 4.74 Å². The summed E-state index contributed by atoms with van der Waals surface area (Å²) in [6.07, 6.45) is 3.75. The lowest BCUT2D eigenvalue weighted by molar-refractivity contribution is 0.412. The highest BCUT2D eigenvalue weighted by atomic mass is 79.9. The van der Waals surface area contributed by atoms with Gasteiger partial charge in [0.2, 0.25) is 0 Å². The van der Waals surface area contributed by atoms with Gasteiger partial charge in [0.1, 0.15) is 11.6 Å². The number of benzene rings is 2. The molecule has 0 unspecified atom stereocenters. The van der Waals surface area contributed by atoms with E-state index in [-0.39, 0.29) is 5.56 Å². The van der Waals surface area contributed by atoms with Gasteiger partial charge >= 0.3 is 0 Å². The maximum Gasteiger partial charge on any atom is 0.261 e. The molecule has 0 bridgehead atoms. The fourth-order valence-corrected chi connectivity index (χ4v) is 2.90. The minimum absolute atomic E-state index is 0.0499. The zero-order valence-corrected chi connectivity index (χ0v) is 14.4. The number of hydrogen-bond acceptors (Lipinski definition) is 3. The Labute approximate surface area is 142 Å². The molecule has 0 spiro atoms. The lowest BCUT2D eigenvalue weighted by Crippen LogP contribution is -2.20. The van der Waals surface area contributed by atoms with E-state index < -0.39 is 0 Å². The summed E-state index contributed by atoms with van der Waals surface area (Å²) in [4.78, 5) is 16.9. The van der Waals surface area contributed by atoms with Crippen molar-refractivity contribution in [2.45, 2.75) is 0 Å². The van der Waals surface area contributed by atoms with Gasteiger partial charge in [-0.2, -0.15) is 0 Å². The van der Waals surface area contributed by atoms with E-state index in [1.165, 1.54) is 0 Å². The summed E-state index contributed by atoms with van der Waals surface area (Å²) < 4.78 is 7.65. The summed E-state index contributed by atoms with van der Waals surface area (Å²) >= 11 is 3.46. The SMILES string of the molecule is COc1ccc(C=Cc2nc3ccccc3c(=O)n2C)cc1Br. The Morgan fingerprint density at radius 1 is 1.17 bits per heavy atom. The highest BCUT2D eigenvalue weighted by Gasteiger charge is 2.05. The largest absolute Gasteiger partial charge is 0.496 e. The lowest BCUT2D eigenvalue weighted by atomic mass is 10.2. The van der Waals surface area contributed by atoms with Crippen molar-refractivity contribution < 1.29 is 4.74 Å². The molecule has 0 saturated carbocycles. The summed E-state index contributed by atoms with van der Waals surface area (Å²) in [5.41, 5.74) is 1.64. The van der Waals surface area contributed by atoms with Gasteiger partial charge in [-0.1, -0.05) is 24.3 Å². The Bertz CT molecular complexity index is 961. The van der Waals surface area contributed by atoms with Gasteiger partial charge in [0.05, 0.1) is 22.5 Å². The topological polar surface area (TPSA) is 44.1 Å². The van der Waals surface area contributed by atoms with Crippen molar-refractivity contribution in [1.29, 1.82) is 0 Å². The Kier molecular flexibility index (Phi) is 4.30. The molecule has 4 nitrogen and oxygen atoms in total. The summed E-state index contributed by atoms with van der Waals surface area (Å²) in [7, 11) is 3.36. The maximum atomic E-state index is 12.4. The maximum absolute atomic E-state index is 12.4. The molecule has 3 aromatic rings. The zero-order valence-electron chi connectivity index (χ0n) is 12.8. The van der Waals surface area contributed by atoms with Gasteiger partial charge in [0.15, 0.2) is 0 Å². The second-order valence-electron chi connectivity index (χ2n) is 5.08. The van der Waals surface area contributed by atoms with E-state index in [0.717, 1.165) is 15.8 Å². The van der Waals surface area contributed by atoms with Crippen molar-refractivity contribution in [1.82, 2.24) is 9.55 Å². The minimum atomic E-state index is -0.0499. The Morgan fingerprint density at radius 3 is 2.70 bits per heavy atom. The van der Waals surface area contributed by atoms with E-state index in [9.17, 15) is 4.79 Å². The lowest BCUT2D eigenvalue weighted by Gasteiger charge is -2.06. The molecule has 116 valence electrons. The van der Waals surface area contributed by atoms with Crippen LogP contribution < -0.4 is 10.3 Å². The summed E-state index contributed by atoms with van der Waals surface area (Å²) in [5.74, 6) is 1.39. The molecule has 0 aliphatic carbocycles. The first-order valence-electron chi connectivity index (χ1n) is 7.07. The molecule has 2 aromatic carbocycles. The van der Waals surface area contributed by atoms with E-state index in [2.05, 4.69) is 20.9 Å². The van der Waals surface area contributed by atoms with Crippen LogP contribution in [0.5, 0.6) is 5.75 Å². The number of ether oxygens (including phenoxy) is 1. The Hall–Kier alpha value is -2.40. The van der Waals surface area contributed by atoms with Crippen LogP contribution in [-0.4, -0.2) is 16.7 Å². The molecule has 3 rings (SSSR count). The fourth-order valence-electron chi connectivity index (χ4n) is 2.34. The standard InChI is InChI=1S/C18H15BrN2O2/c1-21-17(20-15-6-4-3-5-13(15)18(21)22)10-8-12-7-9-16(23-2)14(19)11-12/h3-11H,1-2H3. The number of halogens is 1. The third-order valence-electron chi connectivity index (χ3n) is 3.62. The first-order chi connectivity index (χ1) is 11.1. The number of para-hydroxylation sites is 1. The number of fused-ring (bicyclic) bond motifs is 1. The molecular weight excluding hydrogens is 356 g/mol. The van der Waals surface area contributed by atoms with Gasteiger partial charge in [-0.05, 0) is 51.8 Å². The molecule has 0 fully saturated rings. The van der Waals surface area contributed by atoms with Gasteiger partial charge in [0, 0.05) is 7.05 Å². The van der Waals surface area contributed by atoms with Gasteiger partial charge in [0.25, 0.3) is 5.56 Å². The number of rotatable bonds is 3. The number of nitrogens with zero attached hydrogens (tertiary/aromatic N) is 2. The van der Waals surface area contributed by atoms with Crippen LogP contribution in [0, 0.1) is 0 Å². The van der Waals surface area contributed by atoms with Crippen molar-refractivity contribution in [2.24, 2.45) is 7.05 Å². The third-order valence-corrected chi connectivity index (χ3v) is 4.24. The first kappa shape index (κ1) is 15.5. The second kappa shape index (κ2) is 6.38. The van der Waals surface area contributed by atoms with E-state index in [0.29, 0.717) is 16.7 Å². The van der Waals surface area contributed by atoms with Crippen LogP contribution in [0.2, 0.25) is 0 Å². The van der Waals surface area contributed by atoms with Crippen LogP contribution in [0.15, 0.2) is 51.7 Å². The van der Waals surface area contributed by atoms with Crippen LogP contribution in [0.3, 0.4) is 0 Å². The van der Waals surface area contributed by atoms with Crippen molar-refractivity contribution >= 4 is 39.0 Å². The average molecular weight is 371 g/mol. The van der Waals surface area contributed by atoms with E-state index in [1.54, 1.807) is 24.8 Å². The average Bonchev–Trinajstić information content (AvgIpc) is 2.57. The van der Waals surface area contributed by atoms with E-state index in [4.69, 9.17) is 4.74 Å². The summed E-state index contributed by atoms with van der Waals surface area (Å²) in [5, 5.41) is 0.624. The molecule has 0 atom stereocenters. The molecule has 5 heteroatoms. The van der Waals surface area contributed by atoms with Crippen LogP contribution in [0.1, 0.15) is 11.4 Å². The molecule has 0 N–H and O–H groups in total. The Morgan fingerprint density at radius 2 is 1.96 bits per heavy atom. The van der Waals surface area contributed by atoms with Crippen molar-refractivity contribution in [3.63, 3.8) is 0 Å². The van der Waals surface area contributed by atoms with E-state index in [1.807, 2.05) is 48.6 Å². The third kappa shape index (κ3) is 3.05. The molecule has 1 aromatic heterocycles. The molecule has 1 heterocycles. The van der Waals surface area contributed by atoms with Crippen LogP contribution >= 0.6 is 15.9 Å². The van der Waals surface area contributed by atoms with Gasteiger partial charge in [-0.3, -0.25) is 9.36 Å². The molecule has 0 amide bonds. The second-order valence-corrected chi connectivity index (χ2v) is 5.93. The quantitative estimate of drug-likeness (QED) is 0.702. The Balaban J connectivity index is 2.02. The summed E-state index contributed by atoms with van der Waals surface area (Å²) in [6.45, 7) is 0. The van der Waals surface area contributed by atoms with Crippen molar-refractivity contribution in [3.8, 4) is 5.75 Å². The molecule has 0 aliphatic heterocycles. The zero-order chi connectivity index (χ0) is 16.4. The molecular formula is C18H15BrN2O2. The normalized spacial score (nSPS) is 11.3. The molecule has 0 saturated heterocycles. The molecule has 0 aliphatic rings. The minimum Gasteiger partial charge on any atom is -0.496 e. The smallest absolute Gasteiger partial charge is 0.261 e. The number of aromatic nitrogens is 2. The monoisotopic (exact) mass is 370 g/mol. The predicted octanol–water partition coefficient (Wildman–Crippen LogP) is 3.88. The highest BCUT2D eigenvalue weighted by Crippen LogP contribution is 2.26. The van der Waals surface area contributed by atoms with E-state index >= 15 is 0 Å². The van der Waals surface area contributed by atoms with Gasteiger partial charge in [-0.15, -0.1) is 0 Å². The first-order valence-corrected chi connectivity index (χ1v) is 7.87. The van der Waals surface area contributed by atoms with Crippen molar-refractivity contribution in [2.75, 3.05) is 7.11 Å². The van der Waals surface area contributed by atoms with Crippen LogP contribution in [0.25, 0.3) is 23.1 Å². The van der Waals surface area contributed by atoms with Gasteiger partial charge in [-0.25, -0.2) is 4.98 Å².